The van der Waals surface area contributed by atoms with Crippen LogP contribution in [0.2, 0.25) is 0 Å². The Morgan fingerprint density at radius 2 is 2.11 bits per heavy atom. The average molecular weight is 350 g/mol. The fraction of sp³-hybridized carbons (Fsp3) is 0.455. The molecule has 0 unspecified atom stereocenters. The van der Waals surface area contributed by atoms with Crippen LogP contribution < -0.4 is 5.73 Å². The minimum absolute atomic E-state index is 0.0313. The molecule has 106 valence electrons. The van der Waals surface area contributed by atoms with Crippen LogP contribution in [0.15, 0.2) is 27.8 Å². The maximum atomic E-state index is 12.4. The molecule has 0 aliphatic carbocycles. The fourth-order valence-electron chi connectivity index (χ4n) is 1.51. The van der Waals surface area contributed by atoms with E-state index in [0.717, 1.165) is 4.31 Å². The van der Waals surface area contributed by atoms with Crippen LogP contribution >= 0.6 is 15.9 Å². The van der Waals surface area contributed by atoms with Crippen molar-refractivity contribution in [2.75, 3.05) is 13.1 Å². The van der Waals surface area contributed by atoms with Gasteiger partial charge in [0.1, 0.15) is 4.90 Å². The summed E-state index contributed by atoms with van der Waals surface area (Å²) in [7, 11) is -3.77. The molecule has 1 rings (SSSR count). The van der Waals surface area contributed by atoms with Crippen molar-refractivity contribution in [2.45, 2.75) is 18.7 Å². The summed E-state index contributed by atoms with van der Waals surface area (Å²) in [5.41, 5.74) is 5.10. The van der Waals surface area contributed by atoms with Gasteiger partial charge in [-0.3, -0.25) is 9.78 Å². The molecule has 0 aliphatic rings. The summed E-state index contributed by atoms with van der Waals surface area (Å²) in [4.78, 5) is 14.9. The van der Waals surface area contributed by atoms with Gasteiger partial charge in [0.2, 0.25) is 15.9 Å². The molecule has 0 bridgehead atoms. The van der Waals surface area contributed by atoms with Gasteiger partial charge in [-0.05, 0) is 27.9 Å². The number of halogens is 1. The minimum Gasteiger partial charge on any atom is -0.369 e. The molecule has 1 aromatic rings. The van der Waals surface area contributed by atoms with E-state index in [4.69, 9.17) is 5.73 Å². The fourth-order valence-corrected chi connectivity index (χ4v) is 3.59. The molecule has 0 saturated carbocycles. The third-order valence-electron chi connectivity index (χ3n) is 2.22. The zero-order chi connectivity index (χ0) is 14.6. The smallest absolute Gasteiger partial charge is 0.245 e. The Labute approximate surface area is 121 Å². The second-order valence-electron chi connectivity index (χ2n) is 4.50. The highest BCUT2D eigenvalue weighted by molar-refractivity contribution is 9.10. The Morgan fingerprint density at radius 3 is 2.58 bits per heavy atom. The molecule has 0 spiro atoms. The van der Waals surface area contributed by atoms with Gasteiger partial charge in [0, 0.05) is 23.4 Å². The number of pyridine rings is 1. The predicted molar refractivity (Wildman–Crippen MR) is 74.7 cm³/mol. The molecule has 0 atom stereocenters. The summed E-state index contributed by atoms with van der Waals surface area (Å²) < 4.78 is 26.5. The third-order valence-corrected chi connectivity index (χ3v) is 4.43. The van der Waals surface area contributed by atoms with Crippen LogP contribution in [0.4, 0.5) is 0 Å². The van der Waals surface area contributed by atoms with E-state index in [1.807, 2.05) is 13.8 Å². The number of hydrogen-bond donors (Lipinski definition) is 1. The Morgan fingerprint density at radius 1 is 1.47 bits per heavy atom. The van der Waals surface area contributed by atoms with E-state index >= 15 is 0 Å². The minimum atomic E-state index is -3.77. The van der Waals surface area contributed by atoms with Crippen molar-refractivity contribution in [2.24, 2.45) is 11.7 Å². The SMILES string of the molecule is CC(C)CN(CC(N)=O)S(=O)(=O)c1cncc(Br)c1. The van der Waals surface area contributed by atoms with Gasteiger partial charge in [0.05, 0.1) is 6.54 Å². The van der Waals surface area contributed by atoms with Crippen molar-refractivity contribution >= 4 is 31.9 Å². The first-order valence-corrected chi connectivity index (χ1v) is 7.85. The lowest BCUT2D eigenvalue weighted by Gasteiger charge is -2.22. The zero-order valence-electron chi connectivity index (χ0n) is 10.7. The van der Waals surface area contributed by atoms with Gasteiger partial charge in [0.25, 0.3) is 0 Å². The average Bonchev–Trinajstić information content (AvgIpc) is 2.26. The van der Waals surface area contributed by atoms with E-state index in [2.05, 4.69) is 20.9 Å². The number of carbonyl (C=O) groups is 1. The summed E-state index contributed by atoms with van der Waals surface area (Å²) in [6.45, 7) is 3.61. The van der Waals surface area contributed by atoms with Crippen LogP contribution in [0.1, 0.15) is 13.8 Å². The van der Waals surface area contributed by atoms with Gasteiger partial charge in [-0.2, -0.15) is 4.31 Å². The first kappa shape index (κ1) is 16.1. The number of aromatic nitrogens is 1. The molecule has 0 radical (unpaired) electrons. The maximum absolute atomic E-state index is 12.4. The van der Waals surface area contributed by atoms with Gasteiger partial charge >= 0.3 is 0 Å². The van der Waals surface area contributed by atoms with E-state index in [1.54, 1.807) is 0 Å². The number of rotatable bonds is 6. The van der Waals surface area contributed by atoms with E-state index < -0.39 is 15.9 Å². The van der Waals surface area contributed by atoms with Gasteiger partial charge in [0.15, 0.2) is 0 Å². The molecule has 1 amide bonds. The molecule has 0 aliphatic heterocycles. The number of sulfonamides is 1. The van der Waals surface area contributed by atoms with Gasteiger partial charge in [-0.25, -0.2) is 8.42 Å². The second kappa shape index (κ2) is 6.44. The highest BCUT2D eigenvalue weighted by Gasteiger charge is 2.27. The Balaban J connectivity index is 3.15. The first-order chi connectivity index (χ1) is 8.73. The maximum Gasteiger partial charge on any atom is 0.245 e. The van der Waals surface area contributed by atoms with Crippen LogP contribution in [0.25, 0.3) is 0 Å². The molecular weight excluding hydrogens is 334 g/mol. The Hall–Kier alpha value is -0.990. The summed E-state index contributed by atoms with van der Waals surface area (Å²) in [6.07, 6.45) is 2.73. The first-order valence-electron chi connectivity index (χ1n) is 5.62. The predicted octanol–water partition coefficient (Wildman–Crippen LogP) is 0.976. The number of hydrogen-bond acceptors (Lipinski definition) is 4. The van der Waals surface area contributed by atoms with Crippen molar-refractivity contribution in [1.82, 2.24) is 9.29 Å². The van der Waals surface area contributed by atoms with Crippen LogP contribution in [0.3, 0.4) is 0 Å². The standard InChI is InChI=1S/C11H16BrN3O3S/c1-8(2)6-15(7-11(13)16)19(17,18)10-3-9(12)4-14-5-10/h3-5,8H,6-7H2,1-2H3,(H2,13,16). The summed E-state index contributed by atoms with van der Waals surface area (Å²) in [5.74, 6) is -0.610. The molecule has 1 aromatic heterocycles. The van der Waals surface area contributed by atoms with Crippen LogP contribution in [-0.4, -0.2) is 36.7 Å². The number of carbonyl (C=O) groups excluding carboxylic acids is 1. The third kappa shape index (κ3) is 4.55. The van der Waals surface area contributed by atoms with Crippen molar-refractivity contribution in [3.63, 3.8) is 0 Å². The summed E-state index contributed by atoms with van der Waals surface area (Å²) >= 11 is 3.17. The van der Waals surface area contributed by atoms with Crippen molar-refractivity contribution in [3.05, 3.63) is 22.9 Å². The quantitative estimate of drug-likeness (QED) is 0.828. The number of nitrogens with two attached hydrogens (primary N) is 1. The van der Waals surface area contributed by atoms with E-state index in [-0.39, 0.29) is 23.9 Å². The lowest BCUT2D eigenvalue weighted by atomic mass is 10.2. The van der Waals surface area contributed by atoms with Crippen LogP contribution in [0, 0.1) is 5.92 Å². The normalized spacial score (nSPS) is 12.1. The van der Waals surface area contributed by atoms with Crippen molar-refractivity contribution in [1.29, 1.82) is 0 Å². The van der Waals surface area contributed by atoms with Crippen LogP contribution in [0.5, 0.6) is 0 Å². The molecule has 0 aromatic carbocycles. The molecule has 0 saturated heterocycles. The molecular formula is C11H16BrN3O3S. The molecule has 19 heavy (non-hydrogen) atoms. The monoisotopic (exact) mass is 349 g/mol. The van der Waals surface area contributed by atoms with E-state index in [0.29, 0.717) is 4.47 Å². The van der Waals surface area contributed by atoms with Gasteiger partial charge in [-0.1, -0.05) is 13.8 Å². The highest BCUT2D eigenvalue weighted by Crippen LogP contribution is 2.19. The molecule has 6 nitrogen and oxygen atoms in total. The largest absolute Gasteiger partial charge is 0.369 e. The molecule has 8 heteroatoms. The Bertz CT molecular complexity index is 560. The summed E-state index contributed by atoms with van der Waals surface area (Å²) in [6, 6.07) is 1.44. The molecule has 1 heterocycles. The van der Waals surface area contributed by atoms with Crippen molar-refractivity contribution in [3.8, 4) is 0 Å². The van der Waals surface area contributed by atoms with Crippen LogP contribution in [-0.2, 0) is 14.8 Å². The number of primary amides is 1. The van der Waals surface area contributed by atoms with Gasteiger partial charge in [-0.15, -0.1) is 0 Å². The van der Waals surface area contributed by atoms with E-state index in [9.17, 15) is 13.2 Å². The number of amides is 1. The lowest BCUT2D eigenvalue weighted by Crippen LogP contribution is -2.40. The second-order valence-corrected chi connectivity index (χ2v) is 7.35. The zero-order valence-corrected chi connectivity index (χ0v) is 13.1. The summed E-state index contributed by atoms with van der Waals surface area (Å²) in [5, 5.41) is 0. The molecule has 2 N–H and O–H groups in total. The van der Waals surface area contributed by atoms with Crippen molar-refractivity contribution < 1.29 is 13.2 Å². The lowest BCUT2D eigenvalue weighted by molar-refractivity contribution is -0.118. The topological polar surface area (TPSA) is 93.4 Å². The van der Waals surface area contributed by atoms with Gasteiger partial charge < -0.3 is 5.73 Å². The highest BCUT2D eigenvalue weighted by atomic mass is 79.9. The molecule has 0 fully saturated rings. The number of nitrogens with zero attached hydrogens (tertiary/aromatic N) is 2. The Kier molecular flexibility index (Phi) is 5.45. The van der Waals surface area contributed by atoms with E-state index in [1.165, 1.54) is 18.5 Å².